The molecule has 25 heavy (non-hydrogen) atoms. The average Bonchev–Trinajstić information content (AvgIpc) is 2.52. The van der Waals surface area contributed by atoms with E-state index >= 15 is 0 Å². The molecule has 0 radical (unpaired) electrons. The largest absolute Gasteiger partial charge is 0.448 e. The minimum atomic E-state index is -1.98. The van der Waals surface area contributed by atoms with E-state index < -0.39 is 26.5 Å². The second-order valence-electron chi connectivity index (χ2n) is 7.39. The third-order valence-corrected chi connectivity index (χ3v) is 9.07. The first-order valence-corrected chi connectivity index (χ1v) is 11.7. The van der Waals surface area contributed by atoms with Gasteiger partial charge in [0.25, 0.3) is 0 Å². The van der Waals surface area contributed by atoms with Crippen molar-refractivity contribution in [3.05, 3.63) is 12.2 Å². The molecule has 0 bridgehead atoms. The van der Waals surface area contributed by atoms with Crippen LogP contribution in [0.2, 0.25) is 18.1 Å². The molecule has 1 aliphatic rings. The molecule has 1 aliphatic heterocycles. The monoisotopic (exact) mass is 372 g/mol. The van der Waals surface area contributed by atoms with Gasteiger partial charge in [0.2, 0.25) is 0 Å². The van der Waals surface area contributed by atoms with Gasteiger partial charge in [-0.05, 0) is 32.0 Å². The Bertz CT molecular complexity index is 502. The quantitative estimate of drug-likeness (QED) is 0.543. The van der Waals surface area contributed by atoms with Crippen molar-refractivity contribution >= 4 is 20.5 Å². The molecule has 0 unspecified atom stereocenters. The molecule has 7 nitrogen and oxygen atoms in total. The van der Waals surface area contributed by atoms with Crippen LogP contribution >= 0.6 is 0 Å². The predicted octanol–water partition coefficient (Wildman–Crippen LogP) is 3.78. The van der Waals surface area contributed by atoms with Gasteiger partial charge in [0.05, 0.1) is 32.4 Å². The Morgan fingerprint density at radius 3 is 2.20 bits per heavy atom. The molecule has 0 saturated heterocycles. The number of hydrogen-bond donors (Lipinski definition) is 0. The van der Waals surface area contributed by atoms with Gasteiger partial charge in [-0.3, -0.25) is 0 Å². The number of amides is 2. The third-order valence-electron chi connectivity index (χ3n) is 4.57. The van der Waals surface area contributed by atoms with E-state index in [-0.39, 0.29) is 24.8 Å². The fourth-order valence-electron chi connectivity index (χ4n) is 2.09. The maximum atomic E-state index is 12.4. The highest BCUT2D eigenvalue weighted by molar-refractivity contribution is 6.74. The Labute approximate surface area is 152 Å². The number of hydrogen-bond acceptors (Lipinski definition) is 5. The summed E-state index contributed by atoms with van der Waals surface area (Å²) in [7, 11) is -1.98. The van der Waals surface area contributed by atoms with E-state index in [1.54, 1.807) is 13.8 Å². The Morgan fingerprint density at radius 2 is 1.68 bits per heavy atom. The van der Waals surface area contributed by atoms with Gasteiger partial charge >= 0.3 is 12.2 Å². The van der Waals surface area contributed by atoms with Crippen molar-refractivity contribution in [1.29, 1.82) is 0 Å². The van der Waals surface area contributed by atoms with Crippen molar-refractivity contribution in [1.82, 2.24) is 10.0 Å². The van der Waals surface area contributed by atoms with Gasteiger partial charge in [-0.15, -0.1) is 0 Å². The summed E-state index contributed by atoms with van der Waals surface area (Å²) in [6.07, 6.45) is 2.56. The maximum Gasteiger partial charge on any atom is 0.429 e. The molecule has 144 valence electrons. The second kappa shape index (κ2) is 8.71. The Morgan fingerprint density at radius 1 is 1.12 bits per heavy atom. The Kier molecular flexibility index (Phi) is 7.49. The zero-order valence-electron chi connectivity index (χ0n) is 16.5. The third kappa shape index (κ3) is 5.47. The highest BCUT2D eigenvalue weighted by Gasteiger charge is 2.40. The molecule has 1 atom stereocenters. The van der Waals surface area contributed by atoms with Crippen molar-refractivity contribution in [2.45, 2.75) is 58.8 Å². The van der Waals surface area contributed by atoms with Crippen LogP contribution in [0.3, 0.4) is 0 Å². The normalized spacial score (nSPS) is 18.3. The highest BCUT2D eigenvalue weighted by Crippen LogP contribution is 2.36. The number of hydrazine groups is 1. The standard InChI is InChI=1S/C17H32N2O5Si/c1-8-22-15(20)18-12-10-11-14(19(18)16(21)23-9-2)13-24-25(6,7)17(3,4)5/h10-11,14H,8-9,12-13H2,1-7H3/t14-/m0/s1. The van der Waals surface area contributed by atoms with E-state index in [1.165, 1.54) is 10.0 Å². The van der Waals surface area contributed by atoms with Gasteiger partial charge in [-0.2, -0.15) is 0 Å². The van der Waals surface area contributed by atoms with Gasteiger partial charge in [0.15, 0.2) is 8.32 Å². The molecule has 0 fully saturated rings. The van der Waals surface area contributed by atoms with Crippen molar-refractivity contribution in [2.75, 3.05) is 26.4 Å². The summed E-state index contributed by atoms with van der Waals surface area (Å²) >= 11 is 0. The topological polar surface area (TPSA) is 68.3 Å². The fraction of sp³-hybridized carbons (Fsp3) is 0.765. The first-order chi connectivity index (χ1) is 11.5. The highest BCUT2D eigenvalue weighted by atomic mass is 28.4. The summed E-state index contributed by atoms with van der Waals surface area (Å²) in [5.74, 6) is 0. The zero-order valence-corrected chi connectivity index (χ0v) is 17.5. The number of carbonyl (C=O) groups excluding carboxylic acids is 2. The summed E-state index contributed by atoms with van der Waals surface area (Å²) in [6, 6.07) is -0.411. The second-order valence-corrected chi connectivity index (χ2v) is 12.2. The van der Waals surface area contributed by atoms with Crippen LogP contribution in [-0.2, 0) is 13.9 Å². The number of nitrogens with zero attached hydrogens (tertiary/aromatic N) is 2. The van der Waals surface area contributed by atoms with Crippen LogP contribution in [0.15, 0.2) is 12.2 Å². The lowest BCUT2D eigenvalue weighted by molar-refractivity contribution is -0.0417. The number of rotatable bonds is 5. The lowest BCUT2D eigenvalue weighted by Crippen LogP contribution is -2.58. The SMILES string of the molecule is CCOC(=O)N1CC=C[C@@H](CO[Si](C)(C)C(C)(C)C)N1C(=O)OCC. The molecule has 0 aromatic heterocycles. The van der Waals surface area contributed by atoms with E-state index in [2.05, 4.69) is 33.9 Å². The van der Waals surface area contributed by atoms with Gasteiger partial charge in [-0.1, -0.05) is 32.9 Å². The molecule has 0 spiro atoms. The van der Waals surface area contributed by atoms with Crippen LogP contribution in [0.4, 0.5) is 9.59 Å². The molecule has 8 heteroatoms. The molecule has 1 rings (SSSR count). The minimum absolute atomic E-state index is 0.0565. The van der Waals surface area contributed by atoms with Gasteiger partial charge in [0.1, 0.15) is 0 Å². The number of ether oxygens (including phenoxy) is 2. The van der Waals surface area contributed by atoms with Crippen LogP contribution in [0.25, 0.3) is 0 Å². The van der Waals surface area contributed by atoms with Gasteiger partial charge in [-0.25, -0.2) is 19.6 Å². The maximum absolute atomic E-state index is 12.4. The molecule has 0 aromatic carbocycles. The van der Waals surface area contributed by atoms with Crippen molar-refractivity contribution in [3.8, 4) is 0 Å². The average molecular weight is 373 g/mol. The zero-order chi connectivity index (χ0) is 19.3. The van der Waals surface area contributed by atoms with Crippen molar-refractivity contribution < 1.29 is 23.5 Å². The molecule has 1 heterocycles. The molecular formula is C17H32N2O5Si. The molecule has 0 aliphatic carbocycles. The predicted molar refractivity (Wildman–Crippen MR) is 98.7 cm³/mol. The van der Waals surface area contributed by atoms with Crippen LogP contribution in [0.5, 0.6) is 0 Å². The molecule has 2 amide bonds. The lowest BCUT2D eigenvalue weighted by atomic mass is 10.2. The fourth-order valence-corrected chi connectivity index (χ4v) is 3.11. The number of carbonyl (C=O) groups is 2. The summed E-state index contributed by atoms with van der Waals surface area (Å²) in [4.78, 5) is 24.6. The summed E-state index contributed by atoms with van der Waals surface area (Å²) in [6.45, 7) is 15.3. The van der Waals surface area contributed by atoms with Gasteiger partial charge < -0.3 is 13.9 Å². The van der Waals surface area contributed by atoms with Crippen LogP contribution in [0, 0.1) is 0 Å². The van der Waals surface area contributed by atoms with Crippen LogP contribution in [0.1, 0.15) is 34.6 Å². The van der Waals surface area contributed by atoms with E-state index in [0.29, 0.717) is 6.61 Å². The first-order valence-electron chi connectivity index (χ1n) is 8.76. The summed E-state index contributed by atoms with van der Waals surface area (Å²) < 4.78 is 16.4. The van der Waals surface area contributed by atoms with Gasteiger partial charge in [0, 0.05) is 0 Å². The lowest BCUT2D eigenvalue weighted by Gasteiger charge is -2.42. The minimum Gasteiger partial charge on any atom is -0.448 e. The Hall–Kier alpha value is -1.54. The van der Waals surface area contributed by atoms with E-state index in [9.17, 15) is 9.59 Å². The van der Waals surface area contributed by atoms with Crippen LogP contribution in [-0.4, -0.2) is 62.9 Å². The summed E-state index contributed by atoms with van der Waals surface area (Å²) in [5, 5.41) is 2.62. The van der Waals surface area contributed by atoms with Crippen LogP contribution < -0.4 is 0 Å². The molecular weight excluding hydrogens is 340 g/mol. The molecule has 0 aromatic rings. The molecule has 0 N–H and O–H groups in total. The van der Waals surface area contributed by atoms with E-state index in [4.69, 9.17) is 13.9 Å². The summed E-state index contributed by atoms with van der Waals surface area (Å²) in [5.41, 5.74) is 0. The first kappa shape index (κ1) is 21.5. The van der Waals surface area contributed by atoms with E-state index in [0.717, 1.165) is 0 Å². The van der Waals surface area contributed by atoms with E-state index in [1.807, 2.05) is 12.2 Å². The Balaban J connectivity index is 2.98. The van der Waals surface area contributed by atoms with Crippen molar-refractivity contribution in [2.24, 2.45) is 0 Å². The smallest absolute Gasteiger partial charge is 0.429 e. The van der Waals surface area contributed by atoms with Crippen molar-refractivity contribution in [3.63, 3.8) is 0 Å². The molecule has 0 saturated carbocycles.